The van der Waals surface area contributed by atoms with Crippen molar-refractivity contribution >= 4 is 0 Å². The van der Waals surface area contributed by atoms with Gasteiger partial charge in [0.1, 0.15) is 0 Å². The van der Waals surface area contributed by atoms with E-state index in [1.54, 1.807) is 0 Å². The maximum Gasteiger partial charge on any atom is -0.00162 e. The Labute approximate surface area is 94.4 Å². The van der Waals surface area contributed by atoms with E-state index in [9.17, 15) is 0 Å². The molecule has 2 aliphatic heterocycles. The van der Waals surface area contributed by atoms with Crippen molar-refractivity contribution in [1.29, 1.82) is 0 Å². The van der Waals surface area contributed by atoms with E-state index in [0.717, 1.165) is 11.8 Å². The van der Waals surface area contributed by atoms with Crippen LogP contribution in [0.25, 0.3) is 0 Å². The molecule has 1 atom stereocenters. The van der Waals surface area contributed by atoms with Crippen LogP contribution in [0.15, 0.2) is 0 Å². The van der Waals surface area contributed by atoms with E-state index in [0.29, 0.717) is 0 Å². The monoisotopic (exact) mass is 210 g/mol. The normalized spacial score (nSPS) is 30.6. The largest absolute Gasteiger partial charge is 0.316 e. The summed E-state index contributed by atoms with van der Waals surface area (Å²) in [7, 11) is 0. The first-order valence-corrected chi connectivity index (χ1v) is 6.81. The summed E-state index contributed by atoms with van der Waals surface area (Å²) in [6.07, 6.45) is 7.26. The van der Waals surface area contributed by atoms with Gasteiger partial charge < -0.3 is 10.2 Å². The Morgan fingerprint density at radius 1 is 1.13 bits per heavy atom. The van der Waals surface area contributed by atoms with Crippen molar-refractivity contribution in [2.75, 3.05) is 32.7 Å². The first-order valence-electron chi connectivity index (χ1n) is 6.81. The van der Waals surface area contributed by atoms with Gasteiger partial charge in [-0.15, -0.1) is 0 Å². The van der Waals surface area contributed by atoms with E-state index in [4.69, 9.17) is 0 Å². The van der Waals surface area contributed by atoms with Gasteiger partial charge in [0.15, 0.2) is 0 Å². The molecule has 2 rings (SSSR count). The highest BCUT2D eigenvalue weighted by Gasteiger charge is 2.22. The lowest BCUT2D eigenvalue weighted by Crippen LogP contribution is -2.36. The second-order valence-electron chi connectivity index (χ2n) is 5.33. The average molecular weight is 210 g/mol. The van der Waals surface area contributed by atoms with Crippen molar-refractivity contribution < 1.29 is 0 Å². The molecule has 2 aliphatic rings. The van der Waals surface area contributed by atoms with Crippen molar-refractivity contribution in [2.24, 2.45) is 11.8 Å². The van der Waals surface area contributed by atoms with Crippen LogP contribution in [0, 0.1) is 11.8 Å². The molecule has 2 saturated heterocycles. The highest BCUT2D eigenvalue weighted by molar-refractivity contribution is 4.77. The van der Waals surface area contributed by atoms with E-state index in [2.05, 4.69) is 17.1 Å². The Morgan fingerprint density at radius 2 is 1.93 bits per heavy atom. The number of hydrogen-bond donors (Lipinski definition) is 1. The summed E-state index contributed by atoms with van der Waals surface area (Å²) in [6.45, 7) is 8.77. The maximum absolute atomic E-state index is 3.53. The molecule has 1 unspecified atom stereocenters. The fourth-order valence-corrected chi connectivity index (χ4v) is 3.13. The van der Waals surface area contributed by atoms with Gasteiger partial charge in [0, 0.05) is 0 Å². The maximum atomic E-state index is 3.53. The molecule has 2 fully saturated rings. The molecule has 0 aliphatic carbocycles. The molecule has 15 heavy (non-hydrogen) atoms. The molecule has 0 radical (unpaired) electrons. The van der Waals surface area contributed by atoms with Gasteiger partial charge in [0.25, 0.3) is 0 Å². The third-order valence-electron chi connectivity index (χ3n) is 4.22. The molecule has 0 aromatic carbocycles. The van der Waals surface area contributed by atoms with Gasteiger partial charge in [0.05, 0.1) is 0 Å². The molecule has 0 bridgehead atoms. The van der Waals surface area contributed by atoms with Crippen LogP contribution < -0.4 is 5.32 Å². The fourth-order valence-electron chi connectivity index (χ4n) is 3.13. The molecular formula is C13H26N2. The van der Waals surface area contributed by atoms with Gasteiger partial charge in [-0.25, -0.2) is 0 Å². The minimum absolute atomic E-state index is 0.983. The molecule has 0 aromatic rings. The first-order chi connectivity index (χ1) is 7.38. The molecule has 0 aromatic heterocycles. The van der Waals surface area contributed by atoms with E-state index in [-0.39, 0.29) is 0 Å². The summed E-state index contributed by atoms with van der Waals surface area (Å²) in [6, 6.07) is 0. The Hall–Kier alpha value is -0.0800. The van der Waals surface area contributed by atoms with Crippen LogP contribution in [-0.2, 0) is 0 Å². The van der Waals surface area contributed by atoms with Crippen LogP contribution in [0.4, 0.5) is 0 Å². The molecule has 0 spiro atoms. The highest BCUT2D eigenvalue weighted by Crippen LogP contribution is 2.27. The summed E-state index contributed by atoms with van der Waals surface area (Å²) in [5, 5.41) is 3.53. The predicted molar refractivity (Wildman–Crippen MR) is 65.0 cm³/mol. The molecule has 1 N–H and O–H groups in total. The number of rotatable bonds is 3. The van der Waals surface area contributed by atoms with Gasteiger partial charge in [-0.2, -0.15) is 0 Å². The van der Waals surface area contributed by atoms with Crippen LogP contribution in [0.3, 0.4) is 0 Å². The van der Waals surface area contributed by atoms with Gasteiger partial charge in [0.2, 0.25) is 0 Å². The second-order valence-corrected chi connectivity index (χ2v) is 5.33. The summed E-state index contributed by atoms with van der Waals surface area (Å²) < 4.78 is 0. The standard InChI is InChI=1S/C13H26N2/c1-2-15-8-5-12(6-9-15)10-13-4-3-7-14-11-13/h12-14H,2-11H2,1H3. The number of nitrogens with one attached hydrogen (secondary N) is 1. The van der Waals surface area contributed by atoms with Crippen LogP contribution in [0.5, 0.6) is 0 Å². The van der Waals surface area contributed by atoms with Crippen molar-refractivity contribution in [3.8, 4) is 0 Å². The predicted octanol–water partition coefficient (Wildman–Crippen LogP) is 2.11. The lowest BCUT2D eigenvalue weighted by molar-refractivity contribution is 0.166. The average Bonchev–Trinajstić information content (AvgIpc) is 2.31. The van der Waals surface area contributed by atoms with Gasteiger partial charge in [-0.05, 0) is 76.7 Å². The molecule has 2 heterocycles. The number of hydrogen-bond acceptors (Lipinski definition) is 2. The van der Waals surface area contributed by atoms with Crippen molar-refractivity contribution in [1.82, 2.24) is 10.2 Å². The SMILES string of the molecule is CCN1CCC(CC2CCCNC2)CC1. The first kappa shape index (κ1) is 11.4. The van der Waals surface area contributed by atoms with E-state index in [1.807, 2.05) is 0 Å². The summed E-state index contributed by atoms with van der Waals surface area (Å²) >= 11 is 0. The Bertz CT molecular complexity index is 167. The van der Waals surface area contributed by atoms with E-state index in [1.165, 1.54) is 64.8 Å². The van der Waals surface area contributed by atoms with Crippen LogP contribution in [-0.4, -0.2) is 37.6 Å². The van der Waals surface area contributed by atoms with Crippen molar-refractivity contribution in [3.63, 3.8) is 0 Å². The lowest BCUT2D eigenvalue weighted by atomic mass is 9.84. The molecule has 2 heteroatoms. The topological polar surface area (TPSA) is 15.3 Å². The number of piperidine rings is 2. The lowest BCUT2D eigenvalue weighted by Gasteiger charge is -2.34. The van der Waals surface area contributed by atoms with Crippen LogP contribution in [0.1, 0.15) is 39.0 Å². The molecule has 0 saturated carbocycles. The Morgan fingerprint density at radius 3 is 2.53 bits per heavy atom. The second kappa shape index (κ2) is 5.86. The quantitative estimate of drug-likeness (QED) is 0.767. The molecular weight excluding hydrogens is 184 g/mol. The van der Waals surface area contributed by atoms with Gasteiger partial charge >= 0.3 is 0 Å². The van der Waals surface area contributed by atoms with E-state index < -0.39 is 0 Å². The van der Waals surface area contributed by atoms with Gasteiger partial charge in [-0.1, -0.05) is 6.92 Å². The molecule has 2 nitrogen and oxygen atoms in total. The number of nitrogens with zero attached hydrogens (tertiary/aromatic N) is 1. The van der Waals surface area contributed by atoms with E-state index >= 15 is 0 Å². The summed E-state index contributed by atoms with van der Waals surface area (Å²) in [5.74, 6) is 2.01. The highest BCUT2D eigenvalue weighted by atomic mass is 15.1. The zero-order valence-corrected chi connectivity index (χ0v) is 10.2. The van der Waals surface area contributed by atoms with Crippen LogP contribution in [0.2, 0.25) is 0 Å². The smallest absolute Gasteiger partial charge is 0.00162 e. The minimum Gasteiger partial charge on any atom is -0.316 e. The Kier molecular flexibility index (Phi) is 4.45. The Balaban J connectivity index is 1.67. The van der Waals surface area contributed by atoms with Crippen LogP contribution >= 0.6 is 0 Å². The number of likely N-dealkylation sites (tertiary alicyclic amines) is 1. The zero-order chi connectivity index (χ0) is 10.5. The third kappa shape index (κ3) is 3.46. The molecule has 0 amide bonds. The minimum atomic E-state index is 0.983. The van der Waals surface area contributed by atoms with Crippen molar-refractivity contribution in [2.45, 2.75) is 39.0 Å². The zero-order valence-electron chi connectivity index (χ0n) is 10.2. The van der Waals surface area contributed by atoms with Gasteiger partial charge in [-0.3, -0.25) is 0 Å². The summed E-state index contributed by atoms with van der Waals surface area (Å²) in [4.78, 5) is 2.59. The molecule has 88 valence electrons. The summed E-state index contributed by atoms with van der Waals surface area (Å²) in [5.41, 5.74) is 0. The van der Waals surface area contributed by atoms with Crippen molar-refractivity contribution in [3.05, 3.63) is 0 Å². The third-order valence-corrected chi connectivity index (χ3v) is 4.22. The fraction of sp³-hybridized carbons (Fsp3) is 1.00.